The Kier molecular flexibility index (Phi) is 4.46. The molecule has 1 aromatic carbocycles. The standard InChI is InChI=1S/C12H18N4O2S2/c1-3-15-20(17,18)5-4-14-10-7-11-12(6-9(10)13)19-8(2)16-11/h6-7,14-15H,3-5,13H2,1-2H3. The average molecular weight is 314 g/mol. The summed E-state index contributed by atoms with van der Waals surface area (Å²) >= 11 is 1.58. The van der Waals surface area contributed by atoms with Crippen LogP contribution < -0.4 is 15.8 Å². The van der Waals surface area contributed by atoms with Crippen LogP contribution in [0.4, 0.5) is 11.4 Å². The van der Waals surface area contributed by atoms with Gasteiger partial charge in [-0.1, -0.05) is 6.92 Å². The van der Waals surface area contributed by atoms with Crippen LogP contribution in [-0.4, -0.2) is 32.2 Å². The molecule has 0 saturated heterocycles. The Hall–Kier alpha value is -1.38. The van der Waals surface area contributed by atoms with Gasteiger partial charge in [-0.25, -0.2) is 18.1 Å². The molecule has 0 amide bonds. The van der Waals surface area contributed by atoms with E-state index in [4.69, 9.17) is 5.73 Å². The summed E-state index contributed by atoms with van der Waals surface area (Å²) in [6.07, 6.45) is 0. The van der Waals surface area contributed by atoms with Crippen LogP contribution in [0.2, 0.25) is 0 Å². The fourth-order valence-electron chi connectivity index (χ4n) is 1.87. The summed E-state index contributed by atoms with van der Waals surface area (Å²) in [7, 11) is -3.22. The second kappa shape index (κ2) is 5.94. The van der Waals surface area contributed by atoms with E-state index in [1.54, 1.807) is 18.3 Å². The molecule has 0 atom stereocenters. The zero-order valence-electron chi connectivity index (χ0n) is 11.4. The summed E-state index contributed by atoms with van der Waals surface area (Å²) in [6, 6.07) is 3.72. The summed E-state index contributed by atoms with van der Waals surface area (Å²) in [5.74, 6) is 0.00834. The minimum atomic E-state index is -3.22. The van der Waals surface area contributed by atoms with E-state index in [-0.39, 0.29) is 5.75 Å². The van der Waals surface area contributed by atoms with Crippen LogP contribution in [0.25, 0.3) is 10.2 Å². The molecule has 0 fully saturated rings. The van der Waals surface area contributed by atoms with E-state index < -0.39 is 10.0 Å². The van der Waals surface area contributed by atoms with Crippen LogP contribution in [0.5, 0.6) is 0 Å². The molecule has 6 nitrogen and oxygen atoms in total. The van der Waals surface area contributed by atoms with Crippen molar-refractivity contribution in [1.29, 1.82) is 0 Å². The van der Waals surface area contributed by atoms with Gasteiger partial charge >= 0.3 is 0 Å². The first-order chi connectivity index (χ1) is 9.41. The third-order valence-electron chi connectivity index (χ3n) is 2.72. The van der Waals surface area contributed by atoms with Gasteiger partial charge in [0, 0.05) is 13.1 Å². The number of aromatic nitrogens is 1. The lowest BCUT2D eigenvalue weighted by atomic mass is 10.2. The number of nitrogens with one attached hydrogen (secondary N) is 2. The Labute approximate surface area is 122 Å². The van der Waals surface area contributed by atoms with E-state index in [0.29, 0.717) is 18.8 Å². The quantitative estimate of drug-likeness (QED) is 0.703. The number of benzene rings is 1. The summed E-state index contributed by atoms with van der Waals surface area (Å²) < 4.78 is 26.5. The maximum atomic E-state index is 11.5. The predicted octanol–water partition coefficient (Wildman–Crippen LogP) is 1.54. The average Bonchev–Trinajstić information content (AvgIpc) is 2.68. The molecular weight excluding hydrogens is 296 g/mol. The third kappa shape index (κ3) is 3.59. The van der Waals surface area contributed by atoms with Gasteiger partial charge in [0.15, 0.2) is 0 Å². The molecule has 8 heteroatoms. The Morgan fingerprint density at radius 1 is 1.40 bits per heavy atom. The van der Waals surface area contributed by atoms with Crippen molar-refractivity contribution in [2.75, 3.05) is 29.9 Å². The lowest BCUT2D eigenvalue weighted by Gasteiger charge is -2.10. The zero-order chi connectivity index (χ0) is 14.8. The first-order valence-electron chi connectivity index (χ1n) is 6.29. The zero-order valence-corrected chi connectivity index (χ0v) is 13.1. The first-order valence-corrected chi connectivity index (χ1v) is 8.76. The number of aryl methyl sites for hydroxylation is 1. The molecule has 2 rings (SSSR count). The Bertz CT molecular complexity index is 710. The molecule has 0 bridgehead atoms. The van der Waals surface area contributed by atoms with Crippen LogP contribution in [0.15, 0.2) is 12.1 Å². The van der Waals surface area contributed by atoms with Gasteiger partial charge in [0.1, 0.15) is 0 Å². The van der Waals surface area contributed by atoms with Gasteiger partial charge in [-0.05, 0) is 19.1 Å². The number of rotatable bonds is 6. The second-order valence-corrected chi connectivity index (χ2v) is 7.54. The SMILES string of the molecule is CCNS(=O)(=O)CCNc1cc2nc(C)sc2cc1N. The molecule has 0 saturated carbocycles. The Morgan fingerprint density at radius 2 is 2.15 bits per heavy atom. The number of fused-ring (bicyclic) bond motifs is 1. The van der Waals surface area contributed by atoms with Gasteiger partial charge in [-0.2, -0.15) is 0 Å². The number of nitrogen functional groups attached to an aromatic ring is 1. The van der Waals surface area contributed by atoms with E-state index in [2.05, 4.69) is 15.0 Å². The third-order valence-corrected chi connectivity index (χ3v) is 5.12. The lowest BCUT2D eigenvalue weighted by molar-refractivity contribution is 0.584. The summed E-state index contributed by atoms with van der Waals surface area (Å²) in [5.41, 5.74) is 8.15. The molecular formula is C12H18N4O2S2. The smallest absolute Gasteiger partial charge is 0.213 e. The van der Waals surface area contributed by atoms with Crippen LogP contribution in [0.3, 0.4) is 0 Å². The highest BCUT2D eigenvalue weighted by atomic mass is 32.2. The Balaban J connectivity index is 2.08. The van der Waals surface area contributed by atoms with Crippen molar-refractivity contribution in [2.45, 2.75) is 13.8 Å². The minimum absolute atomic E-state index is 0.00834. The van der Waals surface area contributed by atoms with Gasteiger partial charge in [-0.15, -0.1) is 11.3 Å². The van der Waals surface area contributed by atoms with Crippen molar-refractivity contribution in [3.05, 3.63) is 17.1 Å². The van der Waals surface area contributed by atoms with Crippen molar-refractivity contribution < 1.29 is 8.42 Å². The van der Waals surface area contributed by atoms with Gasteiger partial charge in [0.2, 0.25) is 10.0 Å². The number of hydrogen-bond acceptors (Lipinski definition) is 6. The molecule has 110 valence electrons. The molecule has 0 aliphatic rings. The fourth-order valence-corrected chi connectivity index (χ4v) is 3.68. The molecule has 1 aromatic heterocycles. The van der Waals surface area contributed by atoms with E-state index >= 15 is 0 Å². The maximum absolute atomic E-state index is 11.5. The predicted molar refractivity (Wildman–Crippen MR) is 84.7 cm³/mol. The van der Waals surface area contributed by atoms with Crippen molar-refractivity contribution in [2.24, 2.45) is 0 Å². The molecule has 2 aromatic rings. The number of sulfonamides is 1. The van der Waals surface area contributed by atoms with E-state index in [1.165, 1.54) is 0 Å². The lowest BCUT2D eigenvalue weighted by Crippen LogP contribution is -2.29. The summed E-state index contributed by atoms with van der Waals surface area (Å²) in [6.45, 7) is 4.39. The number of nitrogens with two attached hydrogens (primary N) is 1. The maximum Gasteiger partial charge on any atom is 0.213 e. The van der Waals surface area contributed by atoms with E-state index in [1.807, 2.05) is 19.1 Å². The highest BCUT2D eigenvalue weighted by Gasteiger charge is 2.10. The molecule has 0 unspecified atom stereocenters. The molecule has 0 spiro atoms. The molecule has 4 N–H and O–H groups in total. The number of hydrogen-bond donors (Lipinski definition) is 3. The van der Waals surface area contributed by atoms with Gasteiger partial charge < -0.3 is 11.1 Å². The summed E-state index contributed by atoms with van der Waals surface area (Å²) in [5, 5.41) is 4.03. The molecule has 1 heterocycles. The van der Waals surface area contributed by atoms with Crippen molar-refractivity contribution in [3.63, 3.8) is 0 Å². The number of anilines is 2. The van der Waals surface area contributed by atoms with Crippen molar-refractivity contribution >= 4 is 43.0 Å². The van der Waals surface area contributed by atoms with Crippen LogP contribution in [0.1, 0.15) is 11.9 Å². The number of thiazole rings is 1. The molecule has 0 aliphatic carbocycles. The summed E-state index contributed by atoms with van der Waals surface area (Å²) in [4.78, 5) is 4.39. The largest absolute Gasteiger partial charge is 0.397 e. The first kappa shape index (κ1) is 15.0. The number of nitrogens with zero attached hydrogens (tertiary/aromatic N) is 1. The highest BCUT2D eigenvalue weighted by Crippen LogP contribution is 2.29. The van der Waals surface area contributed by atoms with Gasteiger partial charge in [0.25, 0.3) is 0 Å². The topological polar surface area (TPSA) is 97.1 Å². The molecule has 0 radical (unpaired) electrons. The molecule has 20 heavy (non-hydrogen) atoms. The normalized spacial score (nSPS) is 11.9. The fraction of sp³-hybridized carbons (Fsp3) is 0.417. The molecule has 0 aliphatic heterocycles. The van der Waals surface area contributed by atoms with E-state index in [0.717, 1.165) is 20.9 Å². The van der Waals surface area contributed by atoms with Gasteiger partial charge in [0.05, 0.1) is 32.4 Å². The van der Waals surface area contributed by atoms with Crippen molar-refractivity contribution in [3.8, 4) is 0 Å². The van der Waals surface area contributed by atoms with Crippen LogP contribution in [0, 0.1) is 6.92 Å². The monoisotopic (exact) mass is 314 g/mol. The van der Waals surface area contributed by atoms with Crippen LogP contribution >= 0.6 is 11.3 Å². The van der Waals surface area contributed by atoms with E-state index in [9.17, 15) is 8.42 Å². The minimum Gasteiger partial charge on any atom is -0.397 e. The van der Waals surface area contributed by atoms with Gasteiger partial charge in [-0.3, -0.25) is 0 Å². The second-order valence-electron chi connectivity index (χ2n) is 4.38. The Morgan fingerprint density at radius 3 is 2.85 bits per heavy atom. The van der Waals surface area contributed by atoms with Crippen molar-refractivity contribution in [1.82, 2.24) is 9.71 Å². The van der Waals surface area contributed by atoms with Crippen LogP contribution in [-0.2, 0) is 10.0 Å². The highest BCUT2D eigenvalue weighted by molar-refractivity contribution is 7.89.